The average molecular weight is 297 g/mol. The zero-order chi connectivity index (χ0) is 14.7. The summed E-state index contributed by atoms with van der Waals surface area (Å²) in [6.07, 6.45) is 4.42. The molecule has 5 nitrogen and oxygen atoms in total. The quantitative estimate of drug-likeness (QED) is 0.778. The molecule has 6 heteroatoms. The highest BCUT2D eigenvalue weighted by atomic mass is 32.1. The van der Waals surface area contributed by atoms with Crippen molar-refractivity contribution in [2.45, 2.75) is 0 Å². The van der Waals surface area contributed by atoms with Gasteiger partial charge in [0.1, 0.15) is 10.8 Å². The summed E-state index contributed by atoms with van der Waals surface area (Å²) >= 11 is 1.54. The first-order chi connectivity index (χ1) is 10.2. The summed E-state index contributed by atoms with van der Waals surface area (Å²) in [7, 11) is 0. The van der Waals surface area contributed by atoms with E-state index < -0.39 is 0 Å². The smallest absolute Gasteiger partial charge is 0.257 e. The third kappa shape index (κ3) is 3.06. The van der Waals surface area contributed by atoms with Gasteiger partial charge in [-0.05, 0) is 18.2 Å². The fourth-order valence-electron chi connectivity index (χ4n) is 1.85. The number of benzene rings is 1. The summed E-state index contributed by atoms with van der Waals surface area (Å²) in [6.45, 7) is 0. The molecule has 0 saturated carbocycles. The van der Waals surface area contributed by atoms with Gasteiger partial charge in [-0.1, -0.05) is 12.1 Å². The van der Waals surface area contributed by atoms with Crippen LogP contribution in [-0.2, 0) is 0 Å². The van der Waals surface area contributed by atoms with Crippen LogP contribution in [-0.4, -0.2) is 21.0 Å². The van der Waals surface area contributed by atoms with E-state index in [9.17, 15) is 9.90 Å². The Hall–Kier alpha value is -2.73. The Labute approximate surface area is 124 Å². The van der Waals surface area contributed by atoms with Crippen LogP contribution in [0, 0.1) is 0 Å². The molecular weight excluding hydrogens is 286 g/mol. The monoisotopic (exact) mass is 297 g/mol. The minimum atomic E-state index is -0.324. The van der Waals surface area contributed by atoms with Crippen molar-refractivity contribution < 1.29 is 9.90 Å². The molecular formula is C15H11N3O2S. The van der Waals surface area contributed by atoms with Crippen molar-refractivity contribution in [2.24, 2.45) is 0 Å². The molecule has 2 aromatic heterocycles. The SMILES string of the molecule is O=C(Nc1cccc(-c2nccs2)c1)c1cncc(O)c1. The van der Waals surface area contributed by atoms with Crippen LogP contribution in [0.4, 0.5) is 5.69 Å². The molecule has 1 amide bonds. The van der Waals surface area contributed by atoms with Crippen LogP contribution in [0.15, 0.2) is 54.3 Å². The lowest BCUT2D eigenvalue weighted by atomic mass is 10.2. The molecule has 0 atom stereocenters. The van der Waals surface area contributed by atoms with Crippen molar-refractivity contribution in [1.29, 1.82) is 0 Å². The van der Waals surface area contributed by atoms with Gasteiger partial charge in [-0.3, -0.25) is 9.78 Å². The molecule has 0 fully saturated rings. The van der Waals surface area contributed by atoms with Crippen LogP contribution in [0.1, 0.15) is 10.4 Å². The zero-order valence-electron chi connectivity index (χ0n) is 10.9. The van der Waals surface area contributed by atoms with E-state index in [1.807, 2.05) is 23.6 Å². The number of nitrogens with zero attached hydrogens (tertiary/aromatic N) is 2. The van der Waals surface area contributed by atoms with Gasteiger partial charge in [-0.2, -0.15) is 0 Å². The summed E-state index contributed by atoms with van der Waals surface area (Å²) in [5.74, 6) is -0.367. The van der Waals surface area contributed by atoms with Crippen molar-refractivity contribution >= 4 is 22.9 Å². The molecule has 0 aliphatic rings. The normalized spacial score (nSPS) is 10.3. The molecule has 0 saturated heterocycles. The number of nitrogens with one attached hydrogen (secondary N) is 1. The van der Waals surface area contributed by atoms with Crippen LogP contribution in [0.25, 0.3) is 10.6 Å². The summed E-state index contributed by atoms with van der Waals surface area (Å²) in [6, 6.07) is 8.81. The van der Waals surface area contributed by atoms with E-state index in [0.717, 1.165) is 10.6 Å². The predicted molar refractivity (Wildman–Crippen MR) is 81.4 cm³/mol. The lowest BCUT2D eigenvalue weighted by Crippen LogP contribution is -2.12. The van der Waals surface area contributed by atoms with E-state index in [0.29, 0.717) is 11.3 Å². The van der Waals surface area contributed by atoms with Gasteiger partial charge >= 0.3 is 0 Å². The summed E-state index contributed by atoms with van der Waals surface area (Å²) in [4.78, 5) is 20.1. The number of aromatic hydroxyl groups is 1. The molecule has 2 N–H and O–H groups in total. The van der Waals surface area contributed by atoms with E-state index >= 15 is 0 Å². The highest BCUT2D eigenvalue weighted by Gasteiger charge is 2.08. The van der Waals surface area contributed by atoms with Crippen LogP contribution in [0.3, 0.4) is 0 Å². The Balaban J connectivity index is 1.82. The van der Waals surface area contributed by atoms with Gasteiger partial charge < -0.3 is 10.4 Å². The third-order valence-corrected chi connectivity index (χ3v) is 3.61. The molecule has 0 unspecified atom stereocenters. The third-order valence-electron chi connectivity index (χ3n) is 2.79. The molecule has 0 spiro atoms. The Morgan fingerprint density at radius 2 is 2.14 bits per heavy atom. The number of thiazole rings is 1. The van der Waals surface area contributed by atoms with Gasteiger partial charge in [0.2, 0.25) is 0 Å². The van der Waals surface area contributed by atoms with E-state index in [2.05, 4.69) is 15.3 Å². The number of hydrogen-bond donors (Lipinski definition) is 2. The molecule has 0 aliphatic heterocycles. The second-order valence-electron chi connectivity index (χ2n) is 4.30. The maximum absolute atomic E-state index is 12.1. The second kappa shape index (κ2) is 5.72. The maximum atomic E-state index is 12.1. The lowest BCUT2D eigenvalue weighted by Gasteiger charge is -2.06. The topological polar surface area (TPSA) is 75.1 Å². The number of aromatic nitrogens is 2. The molecule has 3 rings (SSSR count). The van der Waals surface area contributed by atoms with Crippen molar-refractivity contribution in [3.8, 4) is 16.3 Å². The van der Waals surface area contributed by atoms with Crippen LogP contribution in [0.2, 0.25) is 0 Å². The first-order valence-electron chi connectivity index (χ1n) is 6.18. The van der Waals surface area contributed by atoms with E-state index in [-0.39, 0.29) is 11.7 Å². The van der Waals surface area contributed by atoms with Gasteiger partial charge in [-0.15, -0.1) is 11.3 Å². The number of carbonyl (C=O) groups is 1. The number of hydrogen-bond acceptors (Lipinski definition) is 5. The standard InChI is InChI=1S/C15H11N3O2S/c19-13-7-11(8-16-9-13)14(20)18-12-3-1-2-10(6-12)15-17-4-5-21-15/h1-9,19H,(H,18,20). The molecule has 0 radical (unpaired) electrons. The second-order valence-corrected chi connectivity index (χ2v) is 5.20. The first kappa shape index (κ1) is 13.3. The predicted octanol–water partition coefficient (Wildman–Crippen LogP) is 3.16. The van der Waals surface area contributed by atoms with Gasteiger partial charge in [0.15, 0.2) is 0 Å². The molecule has 2 heterocycles. The van der Waals surface area contributed by atoms with Gasteiger partial charge in [-0.25, -0.2) is 4.98 Å². The first-order valence-corrected chi connectivity index (χ1v) is 7.05. The minimum Gasteiger partial charge on any atom is -0.506 e. The average Bonchev–Trinajstić information content (AvgIpc) is 3.02. The number of amides is 1. The van der Waals surface area contributed by atoms with E-state index in [1.54, 1.807) is 12.3 Å². The van der Waals surface area contributed by atoms with Gasteiger partial charge in [0.05, 0.1) is 11.8 Å². The molecule has 1 aromatic carbocycles. The summed E-state index contributed by atoms with van der Waals surface area (Å²) in [5.41, 5.74) is 1.91. The highest BCUT2D eigenvalue weighted by molar-refractivity contribution is 7.13. The fraction of sp³-hybridized carbons (Fsp3) is 0. The molecule has 21 heavy (non-hydrogen) atoms. The molecule has 0 aliphatic carbocycles. The van der Waals surface area contributed by atoms with Gasteiger partial charge in [0, 0.05) is 29.0 Å². The summed E-state index contributed by atoms with van der Waals surface area (Å²) < 4.78 is 0. The van der Waals surface area contributed by atoms with Crippen molar-refractivity contribution in [2.75, 3.05) is 5.32 Å². The zero-order valence-corrected chi connectivity index (χ0v) is 11.7. The Morgan fingerprint density at radius 1 is 1.24 bits per heavy atom. The molecule has 104 valence electrons. The number of rotatable bonds is 3. The van der Waals surface area contributed by atoms with E-state index in [4.69, 9.17) is 0 Å². The Kier molecular flexibility index (Phi) is 3.61. The Bertz CT molecular complexity index is 772. The number of pyridine rings is 1. The maximum Gasteiger partial charge on any atom is 0.257 e. The minimum absolute atomic E-state index is 0.0424. The van der Waals surface area contributed by atoms with Crippen LogP contribution >= 0.6 is 11.3 Å². The van der Waals surface area contributed by atoms with Crippen LogP contribution in [0.5, 0.6) is 5.75 Å². The summed E-state index contributed by atoms with van der Waals surface area (Å²) in [5, 5.41) is 14.9. The highest BCUT2D eigenvalue weighted by Crippen LogP contribution is 2.24. The number of carbonyl (C=O) groups excluding carboxylic acids is 1. The molecule has 0 bridgehead atoms. The van der Waals surface area contributed by atoms with Gasteiger partial charge in [0.25, 0.3) is 5.91 Å². The largest absolute Gasteiger partial charge is 0.506 e. The van der Waals surface area contributed by atoms with Crippen molar-refractivity contribution in [3.05, 3.63) is 59.9 Å². The fourth-order valence-corrected chi connectivity index (χ4v) is 2.49. The van der Waals surface area contributed by atoms with Crippen molar-refractivity contribution in [1.82, 2.24) is 9.97 Å². The van der Waals surface area contributed by atoms with E-state index in [1.165, 1.54) is 29.8 Å². The molecule has 3 aromatic rings. The lowest BCUT2D eigenvalue weighted by molar-refractivity contribution is 0.102. The number of anilines is 1. The van der Waals surface area contributed by atoms with Crippen LogP contribution < -0.4 is 5.32 Å². The Morgan fingerprint density at radius 3 is 2.90 bits per heavy atom. The van der Waals surface area contributed by atoms with Crippen molar-refractivity contribution in [3.63, 3.8) is 0 Å².